The van der Waals surface area contributed by atoms with Crippen molar-refractivity contribution in [2.24, 2.45) is 5.41 Å². The summed E-state index contributed by atoms with van der Waals surface area (Å²) in [5.74, 6) is 1.27. The van der Waals surface area contributed by atoms with Crippen molar-refractivity contribution in [1.82, 2.24) is 14.9 Å². The Kier molecular flexibility index (Phi) is 4.30. The minimum absolute atomic E-state index is 0.195. The molecular weight excluding hydrogens is 384 g/mol. The summed E-state index contributed by atoms with van der Waals surface area (Å²) in [6.45, 7) is 3.34. The predicted octanol–water partition coefficient (Wildman–Crippen LogP) is 4.09. The largest absolute Gasteiger partial charge is 0.355 e. The van der Waals surface area contributed by atoms with Crippen LogP contribution in [0, 0.1) is 5.41 Å². The van der Waals surface area contributed by atoms with Crippen LogP contribution in [0.2, 0.25) is 0 Å². The summed E-state index contributed by atoms with van der Waals surface area (Å²) in [5.41, 5.74) is 5.66. The smallest absolute Gasteiger partial charge is 0.229 e. The van der Waals surface area contributed by atoms with Gasteiger partial charge in [-0.05, 0) is 54.5 Å². The van der Waals surface area contributed by atoms with Crippen LogP contribution >= 0.6 is 0 Å². The van der Waals surface area contributed by atoms with Gasteiger partial charge >= 0.3 is 0 Å². The predicted molar refractivity (Wildman–Crippen MR) is 123 cm³/mol. The Bertz CT molecular complexity index is 1190. The fraction of sp³-hybridized carbons (Fsp3) is 0.346. The summed E-state index contributed by atoms with van der Waals surface area (Å²) in [7, 11) is 0. The van der Waals surface area contributed by atoms with E-state index in [0.29, 0.717) is 5.91 Å². The zero-order valence-electron chi connectivity index (χ0n) is 17.6. The molecule has 5 nitrogen and oxygen atoms in total. The SMILES string of the molecule is O=C1N(CC2=CCc3ccccc32)CCC12CCN(c1cnc3ccccc3n1)CC2. The first-order chi connectivity index (χ1) is 15.2. The van der Waals surface area contributed by atoms with Gasteiger partial charge in [0.05, 0.1) is 22.6 Å². The molecule has 0 bridgehead atoms. The number of rotatable bonds is 3. The molecule has 3 aromatic rings. The molecule has 1 aliphatic carbocycles. The van der Waals surface area contributed by atoms with Gasteiger partial charge in [0, 0.05) is 26.2 Å². The second kappa shape index (κ2) is 7.19. The number of nitrogens with zero attached hydrogens (tertiary/aromatic N) is 4. The van der Waals surface area contributed by atoms with Crippen LogP contribution in [0.4, 0.5) is 5.82 Å². The highest BCUT2D eigenvalue weighted by atomic mass is 16.2. The molecule has 6 rings (SSSR count). The zero-order valence-corrected chi connectivity index (χ0v) is 17.6. The Morgan fingerprint density at radius 2 is 1.65 bits per heavy atom. The Morgan fingerprint density at radius 1 is 0.903 bits per heavy atom. The van der Waals surface area contributed by atoms with Crippen molar-refractivity contribution < 1.29 is 4.79 Å². The Morgan fingerprint density at radius 3 is 2.52 bits per heavy atom. The van der Waals surface area contributed by atoms with Crippen LogP contribution in [-0.2, 0) is 11.2 Å². The molecule has 2 aliphatic heterocycles. The van der Waals surface area contributed by atoms with Crippen LogP contribution in [0.5, 0.6) is 0 Å². The number of fused-ring (bicyclic) bond motifs is 2. The third-order valence-electron chi connectivity index (χ3n) is 7.37. The number of piperidine rings is 1. The highest BCUT2D eigenvalue weighted by Crippen LogP contribution is 2.43. The van der Waals surface area contributed by atoms with Gasteiger partial charge in [-0.3, -0.25) is 9.78 Å². The van der Waals surface area contributed by atoms with E-state index in [1.54, 1.807) is 0 Å². The van der Waals surface area contributed by atoms with Crippen molar-refractivity contribution in [3.63, 3.8) is 0 Å². The van der Waals surface area contributed by atoms with Crippen LogP contribution in [0.1, 0.15) is 30.4 Å². The maximum absolute atomic E-state index is 13.5. The highest BCUT2D eigenvalue weighted by Gasteiger charge is 2.48. The van der Waals surface area contributed by atoms with Gasteiger partial charge in [0.1, 0.15) is 5.82 Å². The minimum Gasteiger partial charge on any atom is -0.355 e. The summed E-state index contributed by atoms with van der Waals surface area (Å²) < 4.78 is 0. The number of benzene rings is 2. The first-order valence-electron chi connectivity index (χ1n) is 11.3. The van der Waals surface area contributed by atoms with Crippen molar-refractivity contribution in [2.45, 2.75) is 25.7 Å². The number of anilines is 1. The van der Waals surface area contributed by atoms with E-state index < -0.39 is 0 Å². The molecule has 0 saturated carbocycles. The lowest BCUT2D eigenvalue weighted by atomic mass is 9.77. The van der Waals surface area contributed by atoms with Crippen molar-refractivity contribution >= 4 is 28.3 Å². The maximum atomic E-state index is 13.5. The van der Waals surface area contributed by atoms with Crippen molar-refractivity contribution in [3.8, 4) is 0 Å². The van der Waals surface area contributed by atoms with Crippen LogP contribution in [0.25, 0.3) is 16.6 Å². The number of carbonyl (C=O) groups excluding carboxylic acids is 1. The van der Waals surface area contributed by atoms with Gasteiger partial charge in [-0.15, -0.1) is 0 Å². The molecule has 156 valence electrons. The van der Waals surface area contributed by atoms with E-state index in [4.69, 9.17) is 4.98 Å². The molecule has 0 radical (unpaired) electrons. The number of likely N-dealkylation sites (tertiary alicyclic amines) is 1. The average molecular weight is 411 g/mol. The number of allylic oxidation sites excluding steroid dienone is 1. The Hall–Kier alpha value is -3.21. The highest BCUT2D eigenvalue weighted by molar-refractivity contribution is 5.87. The average Bonchev–Trinajstić information content (AvgIpc) is 3.36. The van der Waals surface area contributed by atoms with E-state index in [1.807, 2.05) is 30.5 Å². The van der Waals surface area contributed by atoms with Crippen molar-refractivity contribution in [2.75, 3.05) is 31.1 Å². The molecule has 3 heterocycles. The van der Waals surface area contributed by atoms with Crippen LogP contribution in [-0.4, -0.2) is 47.0 Å². The lowest BCUT2D eigenvalue weighted by Crippen LogP contribution is -2.45. The van der Waals surface area contributed by atoms with Gasteiger partial charge in [0.2, 0.25) is 5.91 Å². The number of amides is 1. The summed E-state index contributed by atoms with van der Waals surface area (Å²) in [4.78, 5) is 27.2. The molecule has 1 aromatic heterocycles. The lowest BCUT2D eigenvalue weighted by molar-refractivity contribution is -0.136. The van der Waals surface area contributed by atoms with Gasteiger partial charge < -0.3 is 9.80 Å². The first-order valence-corrected chi connectivity index (χ1v) is 11.3. The number of hydrogen-bond acceptors (Lipinski definition) is 4. The summed E-state index contributed by atoms with van der Waals surface area (Å²) in [5, 5.41) is 0. The topological polar surface area (TPSA) is 49.3 Å². The second-order valence-electron chi connectivity index (χ2n) is 9.05. The molecule has 2 fully saturated rings. The van der Waals surface area contributed by atoms with Crippen molar-refractivity contribution in [3.05, 3.63) is 71.9 Å². The van der Waals surface area contributed by atoms with Crippen LogP contribution in [0.15, 0.2) is 60.8 Å². The molecule has 0 unspecified atom stereocenters. The minimum atomic E-state index is -0.195. The third-order valence-corrected chi connectivity index (χ3v) is 7.37. The van der Waals surface area contributed by atoms with Crippen molar-refractivity contribution in [1.29, 1.82) is 0 Å². The molecule has 2 saturated heterocycles. The second-order valence-corrected chi connectivity index (χ2v) is 9.05. The molecule has 1 amide bonds. The molecule has 31 heavy (non-hydrogen) atoms. The fourth-order valence-corrected chi connectivity index (χ4v) is 5.48. The van der Waals surface area contributed by atoms with Gasteiger partial charge in [-0.25, -0.2) is 4.98 Å². The van der Waals surface area contributed by atoms with Gasteiger partial charge in [-0.1, -0.05) is 42.5 Å². The molecule has 1 spiro atoms. The summed E-state index contributed by atoms with van der Waals surface area (Å²) >= 11 is 0. The number of para-hydroxylation sites is 2. The van der Waals surface area contributed by atoms with E-state index in [0.717, 1.165) is 68.7 Å². The fourth-order valence-electron chi connectivity index (χ4n) is 5.48. The number of aromatic nitrogens is 2. The maximum Gasteiger partial charge on any atom is 0.229 e. The van der Waals surface area contributed by atoms with E-state index in [2.05, 4.69) is 45.1 Å². The van der Waals surface area contributed by atoms with E-state index >= 15 is 0 Å². The zero-order chi connectivity index (χ0) is 20.8. The van der Waals surface area contributed by atoms with Crippen LogP contribution < -0.4 is 4.90 Å². The van der Waals surface area contributed by atoms with E-state index in [1.165, 1.54) is 16.7 Å². The lowest BCUT2D eigenvalue weighted by Gasteiger charge is -2.38. The first kappa shape index (κ1) is 18.6. The molecular formula is C26H26N4O. The van der Waals surface area contributed by atoms with E-state index in [9.17, 15) is 4.79 Å². The molecule has 0 N–H and O–H groups in total. The summed E-state index contributed by atoms with van der Waals surface area (Å²) in [6.07, 6.45) is 7.91. The quantitative estimate of drug-likeness (QED) is 0.653. The van der Waals surface area contributed by atoms with Gasteiger partial charge in [0.25, 0.3) is 0 Å². The van der Waals surface area contributed by atoms with Gasteiger partial charge in [-0.2, -0.15) is 0 Å². The normalized spacial score (nSPS) is 19.9. The molecule has 2 aromatic carbocycles. The third kappa shape index (κ3) is 3.11. The molecule has 3 aliphatic rings. The number of hydrogen-bond donors (Lipinski definition) is 0. The number of carbonyl (C=O) groups is 1. The van der Waals surface area contributed by atoms with Crippen LogP contribution in [0.3, 0.4) is 0 Å². The molecule has 5 heteroatoms. The molecule has 0 atom stereocenters. The monoisotopic (exact) mass is 410 g/mol. The Balaban J connectivity index is 1.14. The standard InChI is InChI=1S/C26H26N4O/c31-25-26(13-16-30(25)18-20-10-9-19-5-1-2-6-21(19)20)11-14-29(15-12-26)24-17-27-22-7-3-4-8-23(22)28-24/h1-8,10,17H,9,11-16,18H2. The summed E-state index contributed by atoms with van der Waals surface area (Å²) in [6, 6.07) is 16.5. The van der Waals surface area contributed by atoms with E-state index in [-0.39, 0.29) is 5.41 Å². The Labute approximate surface area is 182 Å². The van der Waals surface area contributed by atoms with Gasteiger partial charge in [0.15, 0.2) is 0 Å².